The van der Waals surface area contributed by atoms with E-state index in [2.05, 4.69) is 29.7 Å². The molecule has 0 radical (unpaired) electrons. The first-order chi connectivity index (χ1) is 14.1. The number of carbonyl (C=O) groups is 1. The van der Waals surface area contributed by atoms with Crippen LogP contribution in [0.1, 0.15) is 35.1 Å². The Morgan fingerprint density at radius 2 is 1.76 bits per heavy atom. The van der Waals surface area contributed by atoms with E-state index < -0.39 is 5.91 Å². The molecule has 4 N–H and O–H groups in total. The highest BCUT2D eigenvalue weighted by Gasteiger charge is 2.13. The molecule has 0 saturated carbocycles. The van der Waals surface area contributed by atoms with Crippen LogP contribution in [0.15, 0.2) is 66.7 Å². The van der Waals surface area contributed by atoms with Gasteiger partial charge in [0.2, 0.25) is 5.91 Å². The number of aryl methyl sites for hydroxylation is 1. The average Bonchev–Trinajstić information content (AvgIpc) is 3.07. The van der Waals surface area contributed by atoms with Gasteiger partial charge in [-0.15, -0.1) is 0 Å². The third-order valence-electron chi connectivity index (χ3n) is 5.16. The quantitative estimate of drug-likeness (QED) is 0.484. The second kappa shape index (κ2) is 7.80. The molecule has 1 heterocycles. The Balaban J connectivity index is 1.69. The predicted molar refractivity (Wildman–Crippen MR) is 118 cm³/mol. The molecule has 0 fully saturated rings. The van der Waals surface area contributed by atoms with E-state index in [0.717, 1.165) is 46.4 Å². The molecule has 0 aliphatic carbocycles. The minimum Gasteiger partial charge on any atom is -0.397 e. The number of fused-ring (bicyclic) bond motifs is 1. The summed E-state index contributed by atoms with van der Waals surface area (Å²) in [7, 11) is 0. The smallest absolute Gasteiger partial charge is 0.249 e. The first kappa shape index (κ1) is 18.7. The molecule has 0 saturated heterocycles. The molecule has 4 rings (SSSR count). The van der Waals surface area contributed by atoms with Crippen molar-refractivity contribution in [2.45, 2.75) is 26.3 Å². The van der Waals surface area contributed by atoms with Crippen LogP contribution in [0.2, 0.25) is 0 Å². The van der Waals surface area contributed by atoms with Gasteiger partial charge in [-0.05, 0) is 41.3 Å². The number of anilines is 1. The number of aromatic nitrogens is 2. The van der Waals surface area contributed by atoms with Crippen LogP contribution in [0.5, 0.6) is 0 Å². The van der Waals surface area contributed by atoms with Gasteiger partial charge in [-0.25, -0.2) is 4.98 Å². The number of carbonyl (C=O) groups excluding carboxylic acids is 1. The molecule has 0 aliphatic rings. The molecule has 0 aliphatic heterocycles. The minimum atomic E-state index is -0.420. The lowest BCUT2D eigenvalue weighted by molar-refractivity contribution is 0.100. The zero-order valence-electron chi connectivity index (χ0n) is 16.4. The molecule has 29 heavy (non-hydrogen) atoms. The maximum absolute atomic E-state index is 11.7. The summed E-state index contributed by atoms with van der Waals surface area (Å²) in [5.41, 5.74) is 17.8. The molecular formula is C24H24N4O. The number of nitrogen functional groups attached to an aromatic ring is 1. The number of primary amides is 1. The average molecular weight is 384 g/mol. The number of imidazole rings is 1. The van der Waals surface area contributed by atoms with Crippen molar-refractivity contribution in [2.24, 2.45) is 5.73 Å². The maximum atomic E-state index is 11.7. The molecule has 146 valence electrons. The molecule has 3 aromatic carbocycles. The first-order valence-corrected chi connectivity index (χ1v) is 9.80. The Morgan fingerprint density at radius 1 is 1.00 bits per heavy atom. The molecule has 1 aromatic heterocycles. The van der Waals surface area contributed by atoms with E-state index in [1.165, 1.54) is 0 Å². The fourth-order valence-corrected chi connectivity index (χ4v) is 3.73. The molecular weight excluding hydrogens is 360 g/mol. The van der Waals surface area contributed by atoms with Crippen LogP contribution < -0.4 is 11.5 Å². The standard InChI is InChI=1S/C24H24N4O/c1-2-6-22-27-23-20(25)9-5-10-21(23)28(22)15-16-11-13-17(14-12-16)18-7-3-4-8-19(18)24(26)29/h3-5,7-14H,2,6,15,25H2,1H3,(H2,26,29). The Bertz CT molecular complexity index is 1180. The zero-order valence-corrected chi connectivity index (χ0v) is 16.4. The third-order valence-corrected chi connectivity index (χ3v) is 5.16. The summed E-state index contributed by atoms with van der Waals surface area (Å²) in [6.45, 7) is 2.87. The van der Waals surface area contributed by atoms with Crippen molar-refractivity contribution >= 4 is 22.6 Å². The van der Waals surface area contributed by atoms with Crippen LogP contribution in [0.4, 0.5) is 5.69 Å². The highest BCUT2D eigenvalue weighted by molar-refractivity contribution is 5.99. The normalized spacial score (nSPS) is 11.1. The lowest BCUT2D eigenvalue weighted by Crippen LogP contribution is -2.12. The van der Waals surface area contributed by atoms with Gasteiger partial charge in [-0.1, -0.05) is 55.5 Å². The van der Waals surface area contributed by atoms with Crippen LogP contribution in [0.25, 0.3) is 22.2 Å². The topological polar surface area (TPSA) is 86.9 Å². The molecule has 4 aromatic rings. The van der Waals surface area contributed by atoms with E-state index in [4.69, 9.17) is 16.5 Å². The Hall–Kier alpha value is -3.60. The van der Waals surface area contributed by atoms with E-state index in [-0.39, 0.29) is 0 Å². The predicted octanol–water partition coefficient (Wildman–Crippen LogP) is 4.39. The largest absolute Gasteiger partial charge is 0.397 e. The number of benzene rings is 3. The van der Waals surface area contributed by atoms with Gasteiger partial charge in [0.05, 0.1) is 11.2 Å². The van der Waals surface area contributed by atoms with Crippen LogP contribution >= 0.6 is 0 Å². The summed E-state index contributed by atoms with van der Waals surface area (Å²) in [6, 6.07) is 21.6. The summed E-state index contributed by atoms with van der Waals surface area (Å²) in [5.74, 6) is 0.625. The third kappa shape index (κ3) is 3.59. The second-order valence-electron chi connectivity index (χ2n) is 7.19. The lowest BCUT2D eigenvalue weighted by Gasteiger charge is -2.11. The SMILES string of the molecule is CCCc1nc2c(N)cccc2n1Cc1ccc(-c2ccccc2C(N)=O)cc1. The first-order valence-electron chi connectivity index (χ1n) is 9.80. The fraction of sp³-hybridized carbons (Fsp3) is 0.167. The van der Waals surface area contributed by atoms with Crippen LogP contribution in [-0.4, -0.2) is 15.5 Å². The molecule has 5 heteroatoms. The van der Waals surface area contributed by atoms with Gasteiger partial charge >= 0.3 is 0 Å². The highest BCUT2D eigenvalue weighted by Crippen LogP contribution is 2.26. The number of nitrogens with zero attached hydrogens (tertiary/aromatic N) is 2. The fourth-order valence-electron chi connectivity index (χ4n) is 3.73. The monoisotopic (exact) mass is 384 g/mol. The van der Waals surface area contributed by atoms with E-state index >= 15 is 0 Å². The van der Waals surface area contributed by atoms with Crippen molar-refractivity contribution < 1.29 is 4.79 Å². The summed E-state index contributed by atoms with van der Waals surface area (Å²) in [6.07, 6.45) is 1.92. The molecule has 1 amide bonds. The zero-order chi connectivity index (χ0) is 20.4. The molecule has 5 nitrogen and oxygen atoms in total. The van der Waals surface area contributed by atoms with Crippen LogP contribution in [0.3, 0.4) is 0 Å². The van der Waals surface area contributed by atoms with Crippen molar-refractivity contribution in [1.82, 2.24) is 9.55 Å². The van der Waals surface area contributed by atoms with E-state index in [0.29, 0.717) is 17.8 Å². The Kier molecular flexibility index (Phi) is 5.04. The molecule has 0 unspecified atom stereocenters. The molecule has 0 spiro atoms. The maximum Gasteiger partial charge on any atom is 0.249 e. The van der Waals surface area contributed by atoms with Crippen molar-refractivity contribution in [3.63, 3.8) is 0 Å². The van der Waals surface area contributed by atoms with E-state index in [1.807, 2.05) is 42.5 Å². The number of hydrogen-bond acceptors (Lipinski definition) is 3. The number of para-hydroxylation sites is 1. The van der Waals surface area contributed by atoms with Gasteiger partial charge in [0.25, 0.3) is 0 Å². The van der Waals surface area contributed by atoms with E-state index in [1.54, 1.807) is 6.07 Å². The Morgan fingerprint density at radius 3 is 2.48 bits per heavy atom. The van der Waals surface area contributed by atoms with Gasteiger partial charge < -0.3 is 16.0 Å². The summed E-state index contributed by atoms with van der Waals surface area (Å²) < 4.78 is 2.24. The molecule has 0 bridgehead atoms. The lowest BCUT2D eigenvalue weighted by atomic mass is 9.98. The van der Waals surface area contributed by atoms with Crippen LogP contribution in [0, 0.1) is 0 Å². The summed E-state index contributed by atoms with van der Waals surface area (Å²) in [4.78, 5) is 16.5. The van der Waals surface area contributed by atoms with Gasteiger partial charge in [-0.2, -0.15) is 0 Å². The number of nitrogens with two attached hydrogens (primary N) is 2. The van der Waals surface area contributed by atoms with Crippen LogP contribution in [-0.2, 0) is 13.0 Å². The Labute approximate surface area is 170 Å². The van der Waals surface area contributed by atoms with E-state index in [9.17, 15) is 4.79 Å². The minimum absolute atomic E-state index is 0.420. The number of hydrogen-bond donors (Lipinski definition) is 2. The second-order valence-corrected chi connectivity index (χ2v) is 7.19. The van der Waals surface area contributed by atoms with Crippen molar-refractivity contribution in [3.05, 3.63) is 83.7 Å². The van der Waals surface area contributed by atoms with Crippen molar-refractivity contribution in [3.8, 4) is 11.1 Å². The van der Waals surface area contributed by atoms with Crippen molar-refractivity contribution in [1.29, 1.82) is 0 Å². The summed E-state index contributed by atoms with van der Waals surface area (Å²) in [5, 5.41) is 0. The number of amides is 1. The van der Waals surface area contributed by atoms with Gasteiger partial charge in [0.1, 0.15) is 11.3 Å². The van der Waals surface area contributed by atoms with Gasteiger partial charge in [-0.3, -0.25) is 4.79 Å². The van der Waals surface area contributed by atoms with Crippen molar-refractivity contribution in [2.75, 3.05) is 5.73 Å². The number of rotatable bonds is 6. The van der Waals surface area contributed by atoms with Gasteiger partial charge in [0, 0.05) is 18.5 Å². The van der Waals surface area contributed by atoms with Gasteiger partial charge in [0.15, 0.2) is 0 Å². The highest BCUT2D eigenvalue weighted by atomic mass is 16.1. The molecule has 0 atom stereocenters. The summed E-state index contributed by atoms with van der Waals surface area (Å²) >= 11 is 0.